The van der Waals surface area contributed by atoms with E-state index in [4.69, 9.17) is 4.74 Å². The average Bonchev–Trinajstić information content (AvgIpc) is 3.48. The van der Waals surface area contributed by atoms with Crippen LogP contribution in [0.4, 0.5) is 14.7 Å². The number of anilines is 1. The Bertz CT molecular complexity index is 1500. The molecule has 35 heavy (non-hydrogen) atoms. The zero-order valence-corrected chi connectivity index (χ0v) is 19.6. The summed E-state index contributed by atoms with van der Waals surface area (Å²) in [6, 6.07) is 25.9. The van der Waals surface area contributed by atoms with Crippen LogP contribution in [-0.2, 0) is 6.61 Å². The minimum atomic E-state index is -2.62. The number of nitrogens with one attached hydrogen (secondary N) is 1. The first kappa shape index (κ1) is 22.7. The van der Waals surface area contributed by atoms with Gasteiger partial charge in [-0.3, -0.25) is 14.7 Å². The Morgan fingerprint density at radius 2 is 1.86 bits per heavy atom. The standard InChI is InChI=1S/C27H21F2N3O2S/c1-17-6-5-9-19(14-17)32-22-11-10-20(34-16-18-7-3-2-4-8-18)15-21(22)30-27(32)31-26(33)24-13-12-23(35-24)25(28)29/h2-15,25H,16H2,1H3,(H,30,31,33). The lowest BCUT2D eigenvalue weighted by Gasteiger charge is -2.11. The molecule has 0 aliphatic carbocycles. The van der Waals surface area contributed by atoms with Crippen LogP contribution in [0.1, 0.15) is 32.1 Å². The molecule has 0 bridgehead atoms. The molecule has 5 rings (SSSR count). The number of nitrogens with zero attached hydrogens (tertiary/aromatic N) is 2. The molecule has 0 radical (unpaired) electrons. The van der Waals surface area contributed by atoms with E-state index in [9.17, 15) is 13.6 Å². The summed E-state index contributed by atoms with van der Waals surface area (Å²) in [5.41, 5.74) is 4.32. The van der Waals surface area contributed by atoms with Crippen LogP contribution in [0.25, 0.3) is 16.7 Å². The van der Waals surface area contributed by atoms with Crippen molar-refractivity contribution >= 4 is 34.2 Å². The maximum Gasteiger partial charge on any atom is 0.272 e. The molecule has 1 N–H and O–H groups in total. The maximum absolute atomic E-state index is 13.0. The number of hydrogen-bond donors (Lipinski definition) is 1. The summed E-state index contributed by atoms with van der Waals surface area (Å²) in [4.78, 5) is 17.6. The third-order valence-electron chi connectivity index (χ3n) is 5.43. The zero-order valence-electron chi connectivity index (χ0n) is 18.7. The number of thiophene rings is 1. The van der Waals surface area contributed by atoms with Crippen LogP contribution in [0.5, 0.6) is 5.75 Å². The molecule has 0 spiro atoms. The second kappa shape index (κ2) is 9.68. The van der Waals surface area contributed by atoms with E-state index >= 15 is 0 Å². The monoisotopic (exact) mass is 489 g/mol. The Labute approximate surface area is 204 Å². The van der Waals surface area contributed by atoms with E-state index in [1.54, 1.807) is 0 Å². The molecule has 0 saturated carbocycles. The number of aryl methyl sites for hydroxylation is 1. The Hall–Kier alpha value is -4.04. The van der Waals surface area contributed by atoms with Crippen LogP contribution in [0.3, 0.4) is 0 Å². The molecule has 8 heteroatoms. The first-order valence-electron chi connectivity index (χ1n) is 10.9. The summed E-state index contributed by atoms with van der Waals surface area (Å²) in [6.07, 6.45) is -2.62. The van der Waals surface area contributed by atoms with Gasteiger partial charge in [0.15, 0.2) is 0 Å². The third-order valence-corrected chi connectivity index (χ3v) is 6.52. The number of aromatic nitrogens is 2. The summed E-state index contributed by atoms with van der Waals surface area (Å²) < 4.78 is 33.8. The highest BCUT2D eigenvalue weighted by atomic mass is 32.1. The normalized spacial score (nSPS) is 11.2. The van der Waals surface area contributed by atoms with E-state index in [1.165, 1.54) is 12.1 Å². The van der Waals surface area contributed by atoms with E-state index in [-0.39, 0.29) is 9.75 Å². The van der Waals surface area contributed by atoms with Crippen molar-refractivity contribution in [1.82, 2.24) is 9.55 Å². The summed E-state index contributed by atoms with van der Waals surface area (Å²) in [7, 11) is 0. The minimum absolute atomic E-state index is 0.150. The van der Waals surface area contributed by atoms with Crippen LogP contribution in [0, 0.1) is 6.92 Å². The molecule has 3 aromatic carbocycles. The first-order valence-corrected chi connectivity index (χ1v) is 11.7. The maximum atomic E-state index is 13.0. The largest absolute Gasteiger partial charge is 0.489 e. The van der Waals surface area contributed by atoms with E-state index in [1.807, 2.05) is 84.3 Å². The molecule has 0 saturated heterocycles. The number of imidazole rings is 1. The number of rotatable bonds is 7. The van der Waals surface area contributed by atoms with Crippen molar-refractivity contribution in [3.8, 4) is 11.4 Å². The molecule has 0 unspecified atom stereocenters. The van der Waals surface area contributed by atoms with Gasteiger partial charge < -0.3 is 4.74 Å². The topological polar surface area (TPSA) is 56.2 Å². The van der Waals surface area contributed by atoms with Crippen LogP contribution in [-0.4, -0.2) is 15.5 Å². The van der Waals surface area contributed by atoms with Gasteiger partial charge in [-0.15, -0.1) is 11.3 Å². The number of ether oxygens (including phenoxy) is 1. The molecule has 0 aliphatic heterocycles. The predicted octanol–water partition coefficient (Wildman–Crippen LogP) is 7.16. The van der Waals surface area contributed by atoms with Crippen molar-refractivity contribution in [1.29, 1.82) is 0 Å². The SMILES string of the molecule is Cc1cccc(-n2c(NC(=O)c3ccc(C(F)F)s3)nc3cc(OCc4ccccc4)ccc32)c1. The van der Waals surface area contributed by atoms with Gasteiger partial charge in [-0.05, 0) is 54.4 Å². The van der Waals surface area contributed by atoms with E-state index in [2.05, 4.69) is 10.3 Å². The van der Waals surface area contributed by atoms with Crippen LogP contribution >= 0.6 is 11.3 Å². The smallest absolute Gasteiger partial charge is 0.272 e. The highest BCUT2D eigenvalue weighted by Gasteiger charge is 2.19. The number of fused-ring (bicyclic) bond motifs is 1. The van der Waals surface area contributed by atoms with Gasteiger partial charge in [-0.1, -0.05) is 42.5 Å². The minimum Gasteiger partial charge on any atom is -0.489 e. The molecule has 0 aliphatic rings. The Morgan fingerprint density at radius 1 is 1.03 bits per heavy atom. The number of hydrogen-bond acceptors (Lipinski definition) is 4. The fraction of sp³-hybridized carbons (Fsp3) is 0.111. The van der Waals surface area contributed by atoms with Crippen molar-refractivity contribution in [2.75, 3.05) is 5.32 Å². The molecule has 5 aromatic rings. The average molecular weight is 490 g/mol. The van der Waals surface area contributed by atoms with Crippen molar-refractivity contribution in [3.63, 3.8) is 0 Å². The lowest BCUT2D eigenvalue weighted by atomic mass is 10.2. The number of halogens is 2. The lowest BCUT2D eigenvalue weighted by Crippen LogP contribution is -2.14. The highest BCUT2D eigenvalue weighted by molar-refractivity contribution is 7.14. The molecule has 2 heterocycles. The number of benzene rings is 3. The van der Waals surface area contributed by atoms with Crippen molar-refractivity contribution in [2.24, 2.45) is 0 Å². The van der Waals surface area contributed by atoms with Crippen LogP contribution < -0.4 is 10.1 Å². The van der Waals surface area contributed by atoms with Gasteiger partial charge in [0.05, 0.1) is 20.8 Å². The van der Waals surface area contributed by atoms with Gasteiger partial charge in [0.1, 0.15) is 12.4 Å². The zero-order chi connectivity index (χ0) is 24.4. The molecular weight excluding hydrogens is 468 g/mol. The van der Waals surface area contributed by atoms with E-state index < -0.39 is 12.3 Å². The summed E-state index contributed by atoms with van der Waals surface area (Å²) in [5, 5.41) is 2.80. The molecular formula is C27H21F2N3O2S. The number of carbonyl (C=O) groups is 1. The molecule has 0 fully saturated rings. The number of amides is 1. The molecule has 1 amide bonds. The van der Waals surface area contributed by atoms with Crippen LogP contribution in [0.2, 0.25) is 0 Å². The van der Waals surface area contributed by atoms with E-state index in [0.29, 0.717) is 23.8 Å². The highest BCUT2D eigenvalue weighted by Crippen LogP contribution is 2.30. The van der Waals surface area contributed by atoms with E-state index in [0.717, 1.165) is 33.7 Å². The van der Waals surface area contributed by atoms with Gasteiger partial charge in [0, 0.05) is 11.8 Å². The molecule has 5 nitrogen and oxygen atoms in total. The van der Waals surface area contributed by atoms with Crippen molar-refractivity contribution in [2.45, 2.75) is 20.0 Å². The summed E-state index contributed by atoms with van der Waals surface area (Å²) >= 11 is 0.767. The van der Waals surface area contributed by atoms with Gasteiger partial charge in [-0.25, -0.2) is 13.8 Å². The quantitative estimate of drug-likeness (QED) is 0.264. The second-order valence-electron chi connectivity index (χ2n) is 7.99. The van der Waals surface area contributed by atoms with Gasteiger partial charge in [-0.2, -0.15) is 0 Å². The fourth-order valence-electron chi connectivity index (χ4n) is 3.76. The predicted molar refractivity (Wildman–Crippen MR) is 134 cm³/mol. The lowest BCUT2D eigenvalue weighted by molar-refractivity contribution is 0.102. The fourth-order valence-corrected chi connectivity index (χ4v) is 4.52. The van der Waals surface area contributed by atoms with Crippen molar-refractivity contribution < 1.29 is 18.3 Å². The first-order chi connectivity index (χ1) is 17.0. The Kier molecular flexibility index (Phi) is 6.29. The molecule has 2 aromatic heterocycles. The summed E-state index contributed by atoms with van der Waals surface area (Å²) in [6.45, 7) is 2.40. The van der Waals surface area contributed by atoms with Crippen molar-refractivity contribution in [3.05, 3.63) is 106 Å². The number of carbonyl (C=O) groups excluding carboxylic acids is 1. The second-order valence-corrected chi connectivity index (χ2v) is 9.11. The Morgan fingerprint density at radius 3 is 2.60 bits per heavy atom. The number of alkyl halides is 2. The molecule has 176 valence electrons. The van der Waals surface area contributed by atoms with Gasteiger partial charge in [0.25, 0.3) is 12.3 Å². The Balaban J connectivity index is 1.50. The summed E-state index contributed by atoms with van der Waals surface area (Å²) in [5.74, 6) is 0.447. The van der Waals surface area contributed by atoms with Gasteiger partial charge in [0.2, 0.25) is 5.95 Å². The molecule has 0 atom stereocenters. The third kappa shape index (κ3) is 4.93. The van der Waals surface area contributed by atoms with Crippen LogP contribution in [0.15, 0.2) is 84.9 Å². The van der Waals surface area contributed by atoms with Gasteiger partial charge >= 0.3 is 0 Å².